The van der Waals surface area contributed by atoms with Gasteiger partial charge in [0.2, 0.25) is 0 Å². The summed E-state index contributed by atoms with van der Waals surface area (Å²) in [6.07, 6.45) is 0. The number of hydrogen-bond donors (Lipinski definition) is 0. The van der Waals surface area contributed by atoms with Crippen molar-refractivity contribution < 1.29 is 18.9 Å². The molecule has 0 bridgehead atoms. The van der Waals surface area contributed by atoms with Crippen LogP contribution in [0.15, 0.2) is 10.8 Å². The van der Waals surface area contributed by atoms with Crippen LogP contribution in [0.5, 0.6) is 23.0 Å². The Labute approximate surface area is 140 Å². The predicted molar refractivity (Wildman–Crippen MR) is 81.4 cm³/mol. The van der Waals surface area contributed by atoms with Gasteiger partial charge in [0.15, 0.2) is 0 Å². The van der Waals surface area contributed by atoms with Crippen molar-refractivity contribution in [1.29, 1.82) is 0 Å². The molecular formula is C12H10O4S2Te2. The van der Waals surface area contributed by atoms with E-state index in [0.29, 0.717) is 26.4 Å². The Morgan fingerprint density at radius 3 is 1.65 bits per heavy atom. The normalized spacial score (nSPS) is 16.2. The molecule has 2 aliphatic heterocycles. The first-order valence-electron chi connectivity index (χ1n) is 6.00. The summed E-state index contributed by atoms with van der Waals surface area (Å²) in [6.45, 7) is 2.69. The Kier molecular flexibility index (Phi) is 4.23. The van der Waals surface area contributed by atoms with Crippen LogP contribution < -0.4 is 24.8 Å². The molecule has 0 spiro atoms. The maximum absolute atomic E-state index is 5.76. The van der Waals surface area contributed by atoms with Gasteiger partial charge in [0.25, 0.3) is 0 Å². The second-order valence-electron chi connectivity index (χ2n) is 3.99. The van der Waals surface area contributed by atoms with Crippen LogP contribution in [0.1, 0.15) is 0 Å². The summed E-state index contributed by atoms with van der Waals surface area (Å²) in [6, 6.07) is 0. The number of thiophene rings is 2. The molecule has 2 aliphatic rings. The second-order valence-corrected chi connectivity index (χ2v) is 17.0. The number of rotatable bonds is 3. The van der Waals surface area contributed by atoms with Gasteiger partial charge in [-0.15, -0.1) is 0 Å². The van der Waals surface area contributed by atoms with Crippen LogP contribution in [0.3, 0.4) is 0 Å². The minimum atomic E-state index is -0.200. The fraction of sp³-hybridized carbons (Fsp3) is 0.333. The first kappa shape index (κ1) is 13.8. The van der Waals surface area contributed by atoms with Gasteiger partial charge in [-0.25, -0.2) is 0 Å². The van der Waals surface area contributed by atoms with Crippen molar-refractivity contribution in [3.8, 4) is 23.0 Å². The first-order chi connectivity index (χ1) is 9.92. The summed E-state index contributed by atoms with van der Waals surface area (Å²) in [5.41, 5.74) is 0. The fourth-order valence-electron chi connectivity index (χ4n) is 1.87. The van der Waals surface area contributed by atoms with E-state index in [1.807, 2.05) is 0 Å². The molecule has 2 aromatic rings. The van der Waals surface area contributed by atoms with Crippen LogP contribution in [-0.2, 0) is 0 Å². The van der Waals surface area contributed by atoms with E-state index in [1.54, 1.807) is 22.7 Å². The summed E-state index contributed by atoms with van der Waals surface area (Å²) in [7, 11) is 0. The molecule has 0 atom stereocenters. The van der Waals surface area contributed by atoms with Gasteiger partial charge in [0.05, 0.1) is 0 Å². The molecule has 4 heterocycles. The summed E-state index contributed by atoms with van der Waals surface area (Å²) >= 11 is 3.20. The first-order valence-corrected chi connectivity index (χ1v) is 17.4. The molecule has 0 radical (unpaired) electrons. The Morgan fingerprint density at radius 2 is 1.15 bits per heavy atom. The Morgan fingerprint density at radius 1 is 0.700 bits per heavy atom. The average Bonchev–Trinajstić information content (AvgIpc) is 3.09. The number of ether oxygens (including phenoxy) is 4. The van der Waals surface area contributed by atoms with Crippen molar-refractivity contribution in [2.24, 2.45) is 0 Å². The van der Waals surface area contributed by atoms with E-state index < -0.39 is 0 Å². The summed E-state index contributed by atoms with van der Waals surface area (Å²) in [4.78, 5) is 0. The van der Waals surface area contributed by atoms with Gasteiger partial charge in [-0.3, -0.25) is 0 Å². The van der Waals surface area contributed by atoms with Gasteiger partial charge in [0, 0.05) is 0 Å². The zero-order valence-corrected chi connectivity index (χ0v) is 16.5. The molecule has 2 aromatic heterocycles. The van der Waals surface area contributed by atoms with Crippen molar-refractivity contribution in [3.63, 3.8) is 0 Å². The predicted octanol–water partition coefficient (Wildman–Crippen LogP) is 0.626. The van der Waals surface area contributed by atoms with Crippen LogP contribution in [0, 0.1) is 0 Å². The van der Waals surface area contributed by atoms with E-state index in [-0.39, 0.29) is 34.1 Å². The van der Waals surface area contributed by atoms with E-state index >= 15 is 0 Å². The SMILES string of the molecule is c1sc([Te][Te]c2scc3c2OCCO3)c2c1OCCO2. The van der Waals surface area contributed by atoms with Crippen molar-refractivity contribution in [1.82, 2.24) is 0 Å². The zero-order chi connectivity index (χ0) is 13.4. The average molecular weight is 538 g/mol. The molecule has 0 saturated carbocycles. The summed E-state index contributed by atoms with van der Waals surface area (Å²) in [5.74, 6) is 3.94. The molecule has 0 amide bonds. The molecule has 0 saturated heterocycles. The van der Waals surface area contributed by atoms with Gasteiger partial charge >= 0.3 is 142 Å². The third-order valence-corrected chi connectivity index (χ3v) is 21.5. The minimum absolute atomic E-state index is 0.200. The van der Waals surface area contributed by atoms with Crippen LogP contribution in [-0.4, -0.2) is 60.5 Å². The molecule has 20 heavy (non-hydrogen) atoms. The van der Waals surface area contributed by atoms with Crippen molar-refractivity contribution in [2.45, 2.75) is 0 Å². The third kappa shape index (κ3) is 2.63. The molecule has 0 aromatic carbocycles. The van der Waals surface area contributed by atoms with Gasteiger partial charge in [-0.1, -0.05) is 0 Å². The van der Waals surface area contributed by atoms with E-state index in [2.05, 4.69) is 10.8 Å². The zero-order valence-electron chi connectivity index (χ0n) is 10.2. The summed E-state index contributed by atoms with van der Waals surface area (Å²) < 4.78 is 25.6. The Balaban J connectivity index is 1.50. The number of hydrogen-bond acceptors (Lipinski definition) is 6. The molecule has 0 fully saturated rings. The van der Waals surface area contributed by atoms with Gasteiger partial charge in [-0.05, 0) is 0 Å². The van der Waals surface area contributed by atoms with Gasteiger partial charge in [-0.2, -0.15) is 0 Å². The van der Waals surface area contributed by atoms with E-state index in [0.717, 1.165) is 23.0 Å². The molecule has 4 rings (SSSR count). The van der Waals surface area contributed by atoms with E-state index in [4.69, 9.17) is 18.9 Å². The molecule has 106 valence electrons. The van der Waals surface area contributed by atoms with Crippen LogP contribution in [0.2, 0.25) is 0 Å². The topological polar surface area (TPSA) is 36.9 Å². The second kappa shape index (κ2) is 6.12. The molecule has 0 N–H and O–H groups in total. The summed E-state index contributed by atoms with van der Waals surface area (Å²) in [5, 5.41) is 4.18. The van der Waals surface area contributed by atoms with Crippen LogP contribution in [0.4, 0.5) is 0 Å². The standard InChI is InChI=1S/C12H10O4S2Te2/c1-3-15-9-7(13-1)5-17-11(9)19-20-12-10-8(6-18-12)14-2-4-16-10/h5-6H,1-4H2. The fourth-order valence-corrected chi connectivity index (χ4v) is 19.9. The quantitative estimate of drug-likeness (QED) is 0.539. The van der Waals surface area contributed by atoms with Crippen molar-refractivity contribution in [3.05, 3.63) is 10.8 Å². The van der Waals surface area contributed by atoms with E-state index in [1.165, 1.54) is 5.85 Å². The molecule has 0 aliphatic carbocycles. The number of fused-ring (bicyclic) bond motifs is 2. The van der Waals surface area contributed by atoms with Crippen LogP contribution in [0.25, 0.3) is 0 Å². The Bertz CT molecular complexity index is 571. The van der Waals surface area contributed by atoms with Crippen LogP contribution >= 0.6 is 22.7 Å². The molecule has 4 nitrogen and oxygen atoms in total. The molecule has 0 unspecified atom stereocenters. The van der Waals surface area contributed by atoms with Gasteiger partial charge in [0.1, 0.15) is 0 Å². The van der Waals surface area contributed by atoms with E-state index in [9.17, 15) is 0 Å². The van der Waals surface area contributed by atoms with Crippen molar-refractivity contribution in [2.75, 3.05) is 26.4 Å². The van der Waals surface area contributed by atoms with Crippen molar-refractivity contribution >= 4 is 62.6 Å². The third-order valence-electron chi connectivity index (χ3n) is 2.73. The van der Waals surface area contributed by atoms with Gasteiger partial charge < -0.3 is 0 Å². The molecule has 8 heteroatoms. The monoisotopic (exact) mass is 542 g/mol. The Hall–Kier alpha value is 0.179. The maximum atomic E-state index is 5.76. The molecular weight excluding hydrogens is 527 g/mol.